The van der Waals surface area contributed by atoms with Gasteiger partial charge in [-0.3, -0.25) is 14.2 Å². The molecule has 0 radical (unpaired) electrons. The molecule has 3 heterocycles. The number of hydrogen-bond donors (Lipinski definition) is 3. The number of benzene rings is 2. The SMILES string of the molecule is CC(C)n1c(O[C@@H]2C[C@H]3C(=O)N[C@]4(C(=O)O)C[C@H]4/C=C\CCCCC[C@H](Nc4cc(F)cc(C(F)(F)F)c4)C(=O)N3C2)nc2ccccc21. The number of carboxylic acid groups (broad SMARTS) is 1. The number of aliphatic carboxylic acids is 1. The maximum atomic E-state index is 14.4. The van der Waals surface area contributed by atoms with E-state index in [2.05, 4.69) is 15.6 Å². The molecule has 1 saturated carbocycles. The highest BCUT2D eigenvalue weighted by molar-refractivity contribution is 5.96. The second-order valence-electron chi connectivity index (χ2n) is 13.4. The Morgan fingerprint density at radius 3 is 2.65 bits per heavy atom. The zero-order valence-electron chi connectivity index (χ0n) is 27.2. The minimum atomic E-state index is -4.81. The minimum absolute atomic E-state index is 0.0139. The van der Waals surface area contributed by atoms with Crippen molar-refractivity contribution in [2.45, 2.75) is 94.7 Å². The molecule has 6 rings (SSSR count). The number of carboxylic acids is 1. The summed E-state index contributed by atoms with van der Waals surface area (Å²) in [6, 6.07) is 7.48. The summed E-state index contributed by atoms with van der Waals surface area (Å²) in [6.07, 6.45) is 1.15. The predicted octanol–water partition coefficient (Wildman–Crippen LogP) is 6.08. The van der Waals surface area contributed by atoms with Gasteiger partial charge in [-0.15, -0.1) is 0 Å². The third kappa shape index (κ3) is 7.09. The topological polar surface area (TPSA) is 126 Å². The zero-order valence-corrected chi connectivity index (χ0v) is 27.2. The molecule has 3 aromatic rings. The molecule has 3 aliphatic rings. The molecule has 0 spiro atoms. The third-order valence-corrected chi connectivity index (χ3v) is 9.54. The van der Waals surface area contributed by atoms with Crippen LogP contribution in [0.1, 0.15) is 70.4 Å². The fraction of sp³-hybridized carbons (Fsp3) is 0.486. The molecule has 49 heavy (non-hydrogen) atoms. The molecule has 1 saturated heterocycles. The zero-order chi connectivity index (χ0) is 35.1. The van der Waals surface area contributed by atoms with Crippen molar-refractivity contribution >= 4 is 34.5 Å². The molecular weight excluding hydrogens is 646 g/mol. The molecule has 2 aliphatic heterocycles. The number of nitrogens with zero attached hydrogens (tertiary/aromatic N) is 3. The smallest absolute Gasteiger partial charge is 0.416 e. The first kappa shape index (κ1) is 34.3. The van der Waals surface area contributed by atoms with Crippen LogP contribution in [-0.2, 0) is 20.6 Å². The fourth-order valence-electron chi connectivity index (χ4n) is 6.94. The second kappa shape index (κ2) is 13.4. The van der Waals surface area contributed by atoms with Crippen LogP contribution in [0.5, 0.6) is 6.01 Å². The van der Waals surface area contributed by atoms with Gasteiger partial charge in [0.1, 0.15) is 29.5 Å². The lowest BCUT2D eigenvalue weighted by Gasteiger charge is -2.30. The van der Waals surface area contributed by atoms with Crippen LogP contribution in [0.3, 0.4) is 0 Å². The first-order valence-corrected chi connectivity index (χ1v) is 16.6. The quantitative estimate of drug-likeness (QED) is 0.212. The van der Waals surface area contributed by atoms with Gasteiger partial charge in [-0.1, -0.05) is 37.1 Å². The van der Waals surface area contributed by atoms with Crippen LogP contribution < -0.4 is 15.4 Å². The normalized spacial score (nSPS) is 27.1. The van der Waals surface area contributed by atoms with Gasteiger partial charge in [0, 0.05) is 24.1 Å². The van der Waals surface area contributed by atoms with Crippen molar-refractivity contribution in [2.75, 3.05) is 11.9 Å². The highest BCUT2D eigenvalue weighted by Crippen LogP contribution is 2.45. The van der Waals surface area contributed by atoms with Crippen LogP contribution in [0.25, 0.3) is 11.0 Å². The Bertz CT molecular complexity index is 1770. The number of nitrogens with one attached hydrogen (secondary N) is 2. The molecule has 1 aliphatic carbocycles. The summed E-state index contributed by atoms with van der Waals surface area (Å²) >= 11 is 0. The molecule has 5 atom stereocenters. The molecule has 2 fully saturated rings. The van der Waals surface area contributed by atoms with Gasteiger partial charge < -0.3 is 25.4 Å². The number of ether oxygens (including phenoxy) is 1. The summed E-state index contributed by atoms with van der Waals surface area (Å²) in [4.78, 5) is 46.7. The van der Waals surface area contributed by atoms with E-state index in [0.29, 0.717) is 36.9 Å². The number of aromatic nitrogens is 2. The number of halogens is 4. The number of para-hydroxylation sites is 2. The lowest BCUT2D eigenvalue weighted by Crippen LogP contribution is -2.55. The minimum Gasteiger partial charge on any atom is -0.479 e. The molecule has 0 unspecified atom stereocenters. The number of carbonyl (C=O) groups excluding carboxylic acids is 2. The third-order valence-electron chi connectivity index (χ3n) is 9.54. The number of allylic oxidation sites excluding steroid dienone is 1. The summed E-state index contributed by atoms with van der Waals surface area (Å²) in [5.74, 6) is -3.97. The maximum Gasteiger partial charge on any atom is 0.416 e. The van der Waals surface area contributed by atoms with Gasteiger partial charge in [0.15, 0.2) is 0 Å². The van der Waals surface area contributed by atoms with E-state index < -0.39 is 65.0 Å². The van der Waals surface area contributed by atoms with Crippen LogP contribution >= 0.6 is 0 Å². The maximum absolute atomic E-state index is 14.4. The summed E-state index contributed by atoms with van der Waals surface area (Å²) in [6.45, 7) is 3.86. The number of carbonyl (C=O) groups is 3. The first-order valence-electron chi connectivity index (χ1n) is 16.6. The van der Waals surface area contributed by atoms with Crippen molar-refractivity contribution in [3.8, 4) is 6.01 Å². The second-order valence-corrected chi connectivity index (χ2v) is 13.4. The van der Waals surface area contributed by atoms with Crippen molar-refractivity contribution in [2.24, 2.45) is 5.92 Å². The van der Waals surface area contributed by atoms with Crippen LogP contribution in [-0.4, -0.2) is 67.6 Å². The Labute approximate surface area is 280 Å². The van der Waals surface area contributed by atoms with Gasteiger partial charge >= 0.3 is 12.1 Å². The van der Waals surface area contributed by atoms with E-state index in [1.807, 2.05) is 48.8 Å². The molecule has 2 amide bonds. The van der Waals surface area contributed by atoms with Gasteiger partial charge in [0.2, 0.25) is 11.8 Å². The van der Waals surface area contributed by atoms with Gasteiger partial charge in [-0.25, -0.2) is 9.18 Å². The van der Waals surface area contributed by atoms with Gasteiger partial charge in [-0.2, -0.15) is 18.2 Å². The Hall–Kier alpha value is -4.62. The number of rotatable bonds is 6. The molecular formula is C35H39F4N5O5. The first-order chi connectivity index (χ1) is 23.3. The number of alkyl halides is 3. The number of anilines is 1. The summed E-state index contributed by atoms with van der Waals surface area (Å²) in [5.41, 5.74) is -1.41. The predicted molar refractivity (Wildman–Crippen MR) is 172 cm³/mol. The molecule has 262 valence electrons. The number of amides is 2. The highest BCUT2D eigenvalue weighted by Gasteiger charge is 2.61. The molecule has 0 bridgehead atoms. The molecule has 2 aromatic carbocycles. The van der Waals surface area contributed by atoms with Crippen LogP contribution in [0, 0.1) is 11.7 Å². The Kier molecular flexibility index (Phi) is 9.34. The van der Waals surface area contributed by atoms with Crippen LogP contribution in [0.4, 0.5) is 23.2 Å². The summed E-state index contributed by atoms with van der Waals surface area (Å²) in [7, 11) is 0. The van der Waals surface area contributed by atoms with Gasteiger partial charge in [0.05, 0.1) is 23.1 Å². The lowest BCUT2D eigenvalue weighted by atomic mass is 10.0. The van der Waals surface area contributed by atoms with Crippen LogP contribution in [0.15, 0.2) is 54.6 Å². The van der Waals surface area contributed by atoms with E-state index >= 15 is 0 Å². The van der Waals surface area contributed by atoms with E-state index in [9.17, 15) is 37.1 Å². The van der Waals surface area contributed by atoms with Gasteiger partial charge in [0.25, 0.3) is 6.01 Å². The average Bonchev–Trinajstić information content (AvgIpc) is 3.37. The number of imidazole rings is 1. The molecule has 10 nitrogen and oxygen atoms in total. The van der Waals surface area contributed by atoms with E-state index in [4.69, 9.17) is 4.74 Å². The van der Waals surface area contributed by atoms with Crippen molar-refractivity contribution in [3.63, 3.8) is 0 Å². The molecule has 1 aromatic heterocycles. The Morgan fingerprint density at radius 1 is 1.14 bits per heavy atom. The van der Waals surface area contributed by atoms with E-state index in [0.717, 1.165) is 24.1 Å². The van der Waals surface area contributed by atoms with Crippen molar-refractivity contribution in [1.82, 2.24) is 19.8 Å². The Balaban J connectivity index is 1.34. The van der Waals surface area contributed by atoms with E-state index in [1.54, 1.807) is 6.08 Å². The van der Waals surface area contributed by atoms with Crippen molar-refractivity contribution < 1.29 is 41.8 Å². The van der Waals surface area contributed by atoms with E-state index in [-0.39, 0.29) is 37.5 Å². The number of fused-ring (bicyclic) bond motifs is 3. The molecule has 14 heteroatoms. The fourth-order valence-corrected chi connectivity index (χ4v) is 6.94. The van der Waals surface area contributed by atoms with E-state index in [1.165, 1.54) is 4.90 Å². The molecule has 3 N–H and O–H groups in total. The van der Waals surface area contributed by atoms with Crippen molar-refractivity contribution in [3.05, 3.63) is 66.0 Å². The lowest BCUT2D eigenvalue weighted by molar-refractivity contribution is -0.145. The highest BCUT2D eigenvalue weighted by atomic mass is 19.4. The largest absolute Gasteiger partial charge is 0.479 e. The summed E-state index contributed by atoms with van der Waals surface area (Å²) < 4.78 is 63.3. The van der Waals surface area contributed by atoms with Gasteiger partial charge in [-0.05, 0) is 69.9 Å². The number of hydrogen-bond acceptors (Lipinski definition) is 6. The average molecular weight is 686 g/mol. The standard InChI is InChI=1S/C35H39F4N5O5/c1-20(2)44-28-13-9-8-11-26(28)41-33(44)49-25-17-29-30(45)42-34(32(47)48)18-21(34)10-6-4-3-5-7-12-27(31(46)43(29)19-25)40-24-15-22(35(37,38)39)14-23(36)16-24/h6,8-11,13-16,20-21,25,27,29,40H,3-5,7,12,17-19H2,1-2H3,(H,42,45)(H,47,48)/b10-6-/t21-,25-,27+,29+,34-/m1/s1. The summed E-state index contributed by atoms with van der Waals surface area (Å²) in [5, 5.41) is 15.7. The Morgan fingerprint density at radius 2 is 1.92 bits per heavy atom. The van der Waals surface area contributed by atoms with Crippen LogP contribution in [0.2, 0.25) is 0 Å². The van der Waals surface area contributed by atoms with Crippen molar-refractivity contribution in [1.29, 1.82) is 0 Å². The monoisotopic (exact) mass is 685 g/mol.